The molecule has 2 aromatic heterocycles. The number of aromatic amines is 1. The van der Waals surface area contributed by atoms with Gasteiger partial charge < -0.3 is 5.73 Å². The van der Waals surface area contributed by atoms with Crippen LogP contribution < -0.4 is 16.3 Å². The topological polar surface area (TPSA) is 62.2 Å². The van der Waals surface area contributed by atoms with Crippen LogP contribution in [-0.2, 0) is 12.8 Å². The van der Waals surface area contributed by atoms with Crippen LogP contribution in [0.15, 0.2) is 41.3 Å². The van der Waals surface area contributed by atoms with Crippen LogP contribution in [0.2, 0.25) is 0 Å². The van der Waals surface area contributed by atoms with E-state index in [-0.39, 0.29) is 5.56 Å². The summed E-state index contributed by atoms with van der Waals surface area (Å²) in [5.74, 6) is 0. The predicted molar refractivity (Wildman–Crippen MR) is 87.3 cm³/mol. The van der Waals surface area contributed by atoms with Crippen LogP contribution in [0.1, 0.15) is 23.2 Å². The lowest BCUT2D eigenvalue weighted by molar-refractivity contribution is -0.356. The average Bonchev–Trinajstić information content (AvgIpc) is 2.97. The molecule has 3 aromatic rings. The Kier molecular flexibility index (Phi) is 2.79. The summed E-state index contributed by atoms with van der Waals surface area (Å²) < 4.78 is 1.66. The molecule has 0 unspecified atom stereocenters. The summed E-state index contributed by atoms with van der Waals surface area (Å²) >= 11 is 0. The Balaban J connectivity index is 2.02. The number of nitrogens with two attached hydrogens (primary N) is 1. The zero-order chi connectivity index (χ0) is 15.3. The first-order valence-electron chi connectivity index (χ1n) is 7.60. The summed E-state index contributed by atoms with van der Waals surface area (Å²) in [6, 6.07) is 9.85. The lowest BCUT2D eigenvalue weighted by Gasteiger charge is -2.08. The molecule has 4 nitrogen and oxygen atoms in total. The number of nitrogen functional groups attached to an aromatic ring is 1. The minimum absolute atomic E-state index is 0.0650. The van der Waals surface area contributed by atoms with E-state index in [1.54, 1.807) is 4.57 Å². The van der Waals surface area contributed by atoms with Crippen LogP contribution >= 0.6 is 0 Å². The molecular weight excluding hydrogens is 274 g/mol. The highest BCUT2D eigenvalue weighted by Crippen LogP contribution is 2.27. The molecule has 0 spiro atoms. The fourth-order valence-electron chi connectivity index (χ4n) is 3.30. The number of hydrogen-bond donors (Lipinski definition) is 1. The molecule has 1 aliphatic rings. The number of aromatic nitrogens is 2. The minimum Gasteiger partial charge on any atom is -0.397 e. The number of nitrogens with one attached hydrogen (secondary N) is 1. The fourth-order valence-corrected chi connectivity index (χ4v) is 3.30. The van der Waals surface area contributed by atoms with E-state index in [0.29, 0.717) is 11.1 Å². The van der Waals surface area contributed by atoms with Crippen LogP contribution in [0.4, 0.5) is 5.69 Å². The van der Waals surface area contributed by atoms with Gasteiger partial charge in [0.05, 0.1) is 5.69 Å². The van der Waals surface area contributed by atoms with Gasteiger partial charge in [-0.15, -0.1) is 0 Å². The Hall–Kier alpha value is -2.62. The second kappa shape index (κ2) is 4.70. The molecule has 110 valence electrons. The molecule has 1 aromatic carbocycles. The standard InChI is InChI=1S/C18H17N3O/c1-11-5-7-12(8-6-11)21-10-9-15-16(18(21)22)17(19)13-3-2-4-14(13)20-15/h5-10H,2-4H2,1H3,(H2,19,20)/p+1. The van der Waals surface area contributed by atoms with E-state index >= 15 is 0 Å². The molecular formula is C18H18N3O+. The highest BCUT2D eigenvalue weighted by atomic mass is 16.1. The Morgan fingerprint density at radius 1 is 1.14 bits per heavy atom. The van der Waals surface area contributed by atoms with E-state index in [9.17, 15) is 4.79 Å². The molecule has 0 saturated carbocycles. The zero-order valence-electron chi connectivity index (χ0n) is 12.5. The number of aryl methyl sites for hydroxylation is 2. The number of rotatable bonds is 1. The van der Waals surface area contributed by atoms with Gasteiger partial charge in [-0.1, -0.05) is 17.7 Å². The van der Waals surface area contributed by atoms with Gasteiger partial charge in [0, 0.05) is 29.9 Å². The molecule has 0 atom stereocenters. The lowest BCUT2D eigenvalue weighted by atomic mass is 10.1. The first-order valence-corrected chi connectivity index (χ1v) is 7.60. The maximum atomic E-state index is 12.9. The van der Waals surface area contributed by atoms with Gasteiger partial charge in [-0.3, -0.25) is 9.36 Å². The van der Waals surface area contributed by atoms with Gasteiger partial charge in [-0.25, -0.2) is 4.98 Å². The Labute approximate surface area is 128 Å². The van der Waals surface area contributed by atoms with Crippen molar-refractivity contribution in [1.29, 1.82) is 0 Å². The number of H-pyrrole nitrogens is 1. The van der Waals surface area contributed by atoms with Crippen LogP contribution in [0.25, 0.3) is 16.6 Å². The molecule has 0 radical (unpaired) electrons. The SMILES string of the molecule is Cc1ccc(-n2ccc3[nH+]c4c(c(N)c3c2=O)CCC4)cc1. The molecule has 0 fully saturated rings. The fraction of sp³-hybridized carbons (Fsp3) is 0.222. The Morgan fingerprint density at radius 3 is 2.68 bits per heavy atom. The Bertz CT molecular complexity index is 939. The van der Waals surface area contributed by atoms with Crippen molar-refractivity contribution < 1.29 is 4.98 Å². The van der Waals surface area contributed by atoms with Crippen LogP contribution in [-0.4, -0.2) is 4.57 Å². The predicted octanol–water partition coefficient (Wildman–Crippen LogP) is 2.18. The quantitative estimate of drug-likeness (QED) is 0.747. The first-order chi connectivity index (χ1) is 10.6. The van der Waals surface area contributed by atoms with Crippen molar-refractivity contribution in [2.75, 3.05) is 5.73 Å². The van der Waals surface area contributed by atoms with Gasteiger partial charge in [0.1, 0.15) is 5.39 Å². The van der Waals surface area contributed by atoms with Crippen molar-refractivity contribution >= 4 is 16.6 Å². The summed E-state index contributed by atoms with van der Waals surface area (Å²) in [6.45, 7) is 2.03. The maximum Gasteiger partial charge on any atom is 0.271 e. The van der Waals surface area contributed by atoms with Gasteiger partial charge in [-0.2, -0.15) is 0 Å². The largest absolute Gasteiger partial charge is 0.397 e. The molecule has 4 heteroatoms. The third kappa shape index (κ3) is 1.84. The Morgan fingerprint density at radius 2 is 1.91 bits per heavy atom. The molecule has 0 amide bonds. The highest BCUT2D eigenvalue weighted by Gasteiger charge is 2.25. The number of anilines is 1. The normalized spacial score (nSPS) is 13.5. The summed E-state index contributed by atoms with van der Waals surface area (Å²) in [4.78, 5) is 16.3. The number of nitrogens with zero attached hydrogens (tertiary/aromatic N) is 1. The third-order valence-corrected chi connectivity index (χ3v) is 4.50. The number of fused-ring (bicyclic) bond motifs is 2. The van der Waals surface area contributed by atoms with E-state index in [1.807, 2.05) is 43.5 Å². The second-order valence-corrected chi connectivity index (χ2v) is 5.96. The summed E-state index contributed by atoms with van der Waals surface area (Å²) in [7, 11) is 0. The number of benzene rings is 1. The van der Waals surface area contributed by atoms with Crippen molar-refractivity contribution in [2.45, 2.75) is 26.2 Å². The highest BCUT2D eigenvalue weighted by molar-refractivity contribution is 5.89. The van der Waals surface area contributed by atoms with E-state index in [4.69, 9.17) is 5.73 Å². The van der Waals surface area contributed by atoms with E-state index in [2.05, 4.69) is 4.98 Å². The average molecular weight is 292 g/mol. The minimum atomic E-state index is -0.0650. The lowest BCUT2D eigenvalue weighted by Crippen LogP contribution is -2.24. The van der Waals surface area contributed by atoms with Crippen molar-refractivity contribution in [3.63, 3.8) is 0 Å². The van der Waals surface area contributed by atoms with Gasteiger partial charge in [0.15, 0.2) is 5.69 Å². The maximum absolute atomic E-state index is 12.9. The summed E-state index contributed by atoms with van der Waals surface area (Å²) in [6.07, 6.45) is 4.87. The summed E-state index contributed by atoms with van der Waals surface area (Å²) in [5.41, 5.74) is 12.0. The van der Waals surface area contributed by atoms with Crippen molar-refractivity contribution in [3.05, 3.63) is 63.7 Å². The van der Waals surface area contributed by atoms with Gasteiger partial charge in [-0.05, 0) is 31.9 Å². The molecule has 1 aliphatic carbocycles. The molecule has 22 heavy (non-hydrogen) atoms. The van der Waals surface area contributed by atoms with E-state index < -0.39 is 0 Å². The molecule has 2 heterocycles. The van der Waals surface area contributed by atoms with Crippen molar-refractivity contribution in [1.82, 2.24) is 4.57 Å². The summed E-state index contributed by atoms with van der Waals surface area (Å²) in [5, 5.41) is 0.601. The van der Waals surface area contributed by atoms with Gasteiger partial charge >= 0.3 is 0 Å². The molecule has 0 bridgehead atoms. The zero-order valence-corrected chi connectivity index (χ0v) is 12.5. The van der Waals surface area contributed by atoms with E-state index in [1.165, 1.54) is 11.3 Å². The van der Waals surface area contributed by atoms with Crippen molar-refractivity contribution in [2.24, 2.45) is 0 Å². The van der Waals surface area contributed by atoms with E-state index in [0.717, 1.165) is 36.0 Å². The van der Waals surface area contributed by atoms with Crippen LogP contribution in [0.3, 0.4) is 0 Å². The van der Waals surface area contributed by atoms with Crippen LogP contribution in [0.5, 0.6) is 0 Å². The monoisotopic (exact) mass is 292 g/mol. The molecule has 0 saturated heterocycles. The van der Waals surface area contributed by atoms with Gasteiger partial charge in [0.2, 0.25) is 5.52 Å². The molecule has 4 rings (SSSR count). The molecule has 0 aliphatic heterocycles. The molecule has 3 N–H and O–H groups in total. The third-order valence-electron chi connectivity index (χ3n) is 4.50. The number of pyridine rings is 2. The first kappa shape index (κ1) is 13.1. The second-order valence-electron chi connectivity index (χ2n) is 5.96. The van der Waals surface area contributed by atoms with Gasteiger partial charge in [0.25, 0.3) is 5.56 Å². The van der Waals surface area contributed by atoms with Crippen LogP contribution in [0, 0.1) is 6.92 Å². The smallest absolute Gasteiger partial charge is 0.271 e. The van der Waals surface area contributed by atoms with Crippen molar-refractivity contribution in [3.8, 4) is 5.69 Å². The number of hydrogen-bond acceptors (Lipinski definition) is 2.